The summed E-state index contributed by atoms with van der Waals surface area (Å²) >= 11 is 5.02. The molecule has 0 radical (unpaired) electrons. The molecule has 0 aliphatic carbocycles. The van der Waals surface area contributed by atoms with Crippen molar-refractivity contribution in [3.05, 3.63) is 11.3 Å². The van der Waals surface area contributed by atoms with E-state index < -0.39 is 0 Å². The maximum atomic E-state index is 5.76. The molecule has 0 aliphatic heterocycles. The van der Waals surface area contributed by atoms with Crippen molar-refractivity contribution in [2.75, 3.05) is 6.61 Å². The Labute approximate surface area is 108 Å². The summed E-state index contributed by atoms with van der Waals surface area (Å²) in [6.45, 7) is 9.06. The Morgan fingerprint density at radius 3 is 2.53 bits per heavy atom. The molecule has 4 nitrogen and oxygen atoms in total. The molecule has 2 N–H and O–H groups in total. The number of rotatable bonds is 4. The number of nitrogens with two attached hydrogens (primary N) is 1. The second kappa shape index (κ2) is 5.04. The van der Waals surface area contributed by atoms with Gasteiger partial charge in [-0.15, -0.1) is 0 Å². The Morgan fingerprint density at radius 2 is 2.06 bits per heavy atom. The van der Waals surface area contributed by atoms with E-state index in [4.69, 9.17) is 22.7 Å². The van der Waals surface area contributed by atoms with Crippen LogP contribution < -0.4 is 10.5 Å². The fourth-order valence-electron chi connectivity index (χ4n) is 1.54. The van der Waals surface area contributed by atoms with Crippen LogP contribution in [0.15, 0.2) is 0 Å². The van der Waals surface area contributed by atoms with Gasteiger partial charge in [0.05, 0.1) is 17.9 Å². The molecule has 0 saturated heterocycles. The Kier molecular flexibility index (Phi) is 4.14. The molecular formula is C12H21N3OS. The fraction of sp³-hybridized carbons (Fsp3) is 0.667. The first-order chi connectivity index (χ1) is 7.72. The minimum atomic E-state index is 0.247. The van der Waals surface area contributed by atoms with Gasteiger partial charge >= 0.3 is 0 Å². The minimum Gasteiger partial charge on any atom is -0.477 e. The lowest BCUT2D eigenvalue weighted by molar-refractivity contribution is 0.228. The van der Waals surface area contributed by atoms with Crippen molar-refractivity contribution in [1.82, 2.24) is 9.78 Å². The molecule has 0 fully saturated rings. The van der Waals surface area contributed by atoms with Crippen molar-refractivity contribution >= 4 is 17.2 Å². The monoisotopic (exact) mass is 255 g/mol. The highest BCUT2D eigenvalue weighted by atomic mass is 32.1. The van der Waals surface area contributed by atoms with Gasteiger partial charge in [-0.2, -0.15) is 5.10 Å². The molecule has 5 heteroatoms. The number of nitrogens with zero attached hydrogens (tertiary/aromatic N) is 2. The van der Waals surface area contributed by atoms with Gasteiger partial charge in [0.25, 0.3) is 0 Å². The Balaban J connectivity index is 2.80. The van der Waals surface area contributed by atoms with Gasteiger partial charge in [-0.3, -0.25) is 0 Å². The predicted molar refractivity (Wildman–Crippen MR) is 73.4 cm³/mol. The number of hydrogen-bond donors (Lipinski definition) is 1. The summed E-state index contributed by atoms with van der Waals surface area (Å²) in [4.78, 5) is 0.335. The standard InChI is InChI=1S/C12H21N3OS/c1-8-9(10(13)17)11(15(5)14-8)16-7-6-12(2,3)4/h6-7H2,1-5H3,(H2,13,17). The molecule has 0 unspecified atom stereocenters. The van der Waals surface area contributed by atoms with Gasteiger partial charge < -0.3 is 10.5 Å². The third-order valence-corrected chi connectivity index (χ3v) is 2.71. The molecule has 0 spiro atoms. The van der Waals surface area contributed by atoms with Gasteiger partial charge in [-0.25, -0.2) is 4.68 Å². The van der Waals surface area contributed by atoms with Gasteiger partial charge in [0.2, 0.25) is 5.88 Å². The zero-order chi connectivity index (χ0) is 13.2. The third kappa shape index (κ3) is 3.70. The highest BCUT2D eigenvalue weighted by molar-refractivity contribution is 7.80. The highest BCUT2D eigenvalue weighted by Crippen LogP contribution is 2.23. The number of ether oxygens (including phenoxy) is 1. The van der Waals surface area contributed by atoms with E-state index in [1.54, 1.807) is 4.68 Å². The summed E-state index contributed by atoms with van der Waals surface area (Å²) < 4.78 is 7.45. The van der Waals surface area contributed by atoms with Crippen molar-refractivity contribution < 1.29 is 4.74 Å². The summed E-state index contributed by atoms with van der Waals surface area (Å²) in [5.41, 5.74) is 7.49. The van der Waals surface area contributed by atoms with Gasteiger partial charge in [0.1, 0.15) is 4.99 Å². The minimum absolute atomic E-state index is 0.247. The lowest BCUT2D eigenvalue weighted by atomic mass is 9.93. The predicted octanol–water partition coefficient (Wildman–Crippen LogP) is 2.18. The van der Waals surface area contributed by atoms with Crippen LogP contribution in [0.25, 0.3) is 0 Å². The molecule has 0 bridgehead atoms. The molecule has 17 heavy (non-hydrogen) atoms. The smallest absolute Gasteiger partial charge is 0.222 e. The number of aromatic nitrogens is 2. The van der Waals surface area contributed by atoms with Crippen LogP contribution in [-0.2, 0) is 7.05 Å². The van der Waals surface area contributed by atoms with E-state index in [0.717, 1.165) is 17.7 Å². The number of aryl methyl sites for hydroxylation is 2. The maximum Gasteiger partial charge on any atom is 0.222 e. The largest absolute Gasteiger partial charge is 0.477 e. The Bertz CT molecular complexity index is 418. The van der Waals surface area contributed by atoms with Crippen LogP contribution in [-0.4, -0.2) is 21.4 Å². The Hall–Kier alpha value is -1.10. The van der Waals surface area contributed by atoms with Gasteiger partial charge in [0.15, 0.2) is 0 Å². The molecular weight excluding hydrogens is 234 g/mol. The van der Waals surface area contributed by atoms with Crippen LogP contribution in [0.2, 0.25) is 0 Å². The van der Waals surface area contributed by atoms with Crippen molar-refractivity contribution in [2.24, 2.45) is 18.2 Å². The van der Waals surface area contributed by atoms with Crippen molar-refractivity contribution in [3.63, 3.8) is 0 Å². The van der Waals surface area contributed by atoms with Crippen LogP contribution >= 0.6 is 12.2 Å². The van der Waals surface area contributed by atoms with E-state index in [0.29, 0.717) is 17.5 Å². The van der Waals surface area contributed by atoms with Crippen LogP contribution in [0.4, 0.5) is 0 Å². The highest BCUT2D eigenvalue weighted by Gasteiger charge is 2.18. The summed E-state index contributed by atoms with van der Waals surface area (Å²) in [5.74, 6) is 0.666. The molecule has 1 aromatic rings. The maximum absolute atomic E-state index is 5.76. The first-order valence-electron chi connectivity index (χ1n) is 5.68. The normalized spacial score (nSPS) is 11.6. The van der Waals surface area contributed by atoms with E-state index in [1.165, 1.54) is 0 Å². The quantitative estimate of drug-likeness (QED) is 0.838. The van der Waals surface area contributed by atoms with Crippen LogP contribution in [0, 0.1) is 12.3 Å². The summed E-state index contributed by atoms with van der Waals surface area (Å²) in [7, 11) is 1.83. The zero-order valence-electron chi connectivity index (χ0n) is 11.2. The summed E-state index contributed by atoms with van der Waals surface area (Å²) in [6.07, 6.45) is 0.966. The van der Waals surface area contributed by atoms with Crippen molar-refractivity contribution in [2.45, 2.75) is 34.1 Å². The van der Waals surface area contributed by atoms with E-state index >= 15 is 0 Å². The van der Waals surface area contributed by atoms with Crippen LogP contribution in [0.5, 0.6) is 5.88 Å². The fourth-order valence-corrected chi connectivity index (χ4v) is 1.78. The van der Waals surface area contributed by atoms with E-state index in [9.17, 15) is 0 Å². The Morgan fingerprint density at radius 1 is 1.47 bits per heavy atom. The van der Waals surface area contributed by atoms with Crippen molar-refractivity contribution in [1.29, 1.82) is 0 Å². The average molecular weight is 255 g/mol. The number of hydrogen-bond acceptors (Lipinski definition) is 3. The van der Waals surface area contributed by atoms with Gasteiger partial charge in [-0.05, 0) is 18.8 Å². The lowest BCUT2D eigenvalue weighted by Gasteiger charge is -2.18. The van der Waals surface area contributed by atoms with Crippen molar-refractivity contribution in [3.8, 4) is 5.88 Å². The molecule has 0 saturated carbocycles. The molecule has 1 aromatic heterocycles. The van der Waals surface area contributed by atoms with Gasteiger partial charge in [0, 0.05) is 7.05 Å². The molecule has 0 atom stereocenters. The zero-order valence-corrected chi connectivity index (χ0v) is 12.0. The molecule has 0 aromatic carbocycles. The molecule has 96 valence electrons. The molecule has 1 rings (SSSR count). The first kappa shape index (κ1) is 14.0. The second-order valence-corrected chi connectivity index (χ2v) is 5.85. The molecule has 0 aliphatic rings. The number of thiocarbonyl (C=S) groups is 1. The van der Waals surface area contributed by atoms with Gasteiger partial charge in [-0.1, -0.05) is 33.0 Å². The first-order valence-corrected chi connectivity index (χ1v) is 6.09. The van der Waals surface area contributed by atoms with Crippen LogP contribution in [0.3, 0.4) is 0 Å². The summed E-state index contributed by atoms with van der Waals surface area (Å²) in [5, 5.41) is 4.27. The van der Waals surface area contributed by atoms with E-state index in [1.807, 2.05) is 14.0 Å². The lowest BCUT2D eigenvalue weighted by Crippen LogP contribution is -2.15. The third-order valence-electron chi connectivity index (χ3n) is 2.51. The second-order valence-electron chi connectivity index (χ2n) is 5.41. The SMILES string of the molecule is Cc1nn(C)c(OCCC(C)(C)C)c1C(N)=S. The molecule has 1 heterocycles. The van der Waals surface area contributed by atoms with E-state index in [-0.39, 0.29) is 5.41 Å². The van der Waals surface area contributed by atoms with Crippen LogP contribution in [0.1, 0.15) is 38.4 Å². The molecule has 0 amide bonds. The summed E-state index contributed by atoms with van der Waals surface area (Å²) in [6, 6.07) is 0. The topological polar surface area (TPSA) is 53.1 Å². The van der Waals surface area contributed by atoms with E-state index in [2.05, 4.69) is 25.9 Å². The average Bonchev–Trinajstić information content (AvgIpc) is 2.39.